The minimum absolute atomic E-state index is 0.977. The van der Waals surface area contributed by atoms with Gasteiger partial charge < -0.3 is 5.32 Å². The number of hydrogen-bond donors (Lipinski definition) is 1. The second-order valence-corrected chi connectivity index (χ2v) is 5.45. The van der Waals surface area contributed by atoms with Crippen LogP contribution in [0.15, 0.2) is 17.8 Å². The predicted molar refractivity (Wildman–Crippen MR) is 69.7 cm³/mol. The Morgan fingerprint density at radius 3 is 3.12 bits per heavy atom. The lowest BCUT2D eigenvalue weighted by molar-refractivity contribution is 0.681. The maximum atomic E-state index is 4.36. The van der Waals surface area contributed by atoms with Gasteiger partial charge in [0, 0.05) is 17.6 Å². The molecule has 1 aromatic rings. The highest BCUT2D eigenvalue weighted by Crippen LogP contribution is 2.20. The Morgan fingerprint density at radius 1 is 1.50 bits per heavy atom. The molecule has 1 aliphatic carbocycles. The van der Waals surface area contributed by atoms with Crippen molar-refractivity contribution in [1.82, 2.24) is 10.3 Å². The van der Waals surface area contributed by atoms with Crippen LogP contribution in [0.5, 0.6) is 0 Å². The van der Waals surface area contributed by atoms with E-state index in [0.717, 1.165) is 19.5 Å². The Bertz CT molecular complexity index is 355. The summed E-state index contributed by atoms with van der Waals surface area (Å²) in [6.07, 6.45) is 10.7. The summed E-state index contributed by atoms with van der Waals surface area (Å²) < 4.78 is 0. The third-order valence-electron chi connectivity index (χ3n) is 2.96. The van der Waals surface area contributed by atoms with Crippen LogP contribution in [0.25, 0.3) is 0 Å². The highest BCUT2D eigenvalue weighted by Gasteiger charge is 2.04. The normalized spacial score (nSPS) is 15.4. The maximum Gasteiger partial charge on any atom is 0.0925 e. The van der Waals surface area contributed by atoms with Crippen molar-refractivity contribution in [3.05, 3.63) is 27.7 Å². The van der Waals surface area contributed by atoms with Crippen molar-refractivity contribution in [2.45, 2.75) is 45.6 Å². The molecule has 1 heterocycles. The first-order valence-electron chi connectivity index (χ1n) is 6.20. The predicted octanol–water partition coefficient (Wildman–Crippen LogP) is 3.30. The third kappa shape index (κ3) is 3.42. The topological polar surface area (TPSA) is 24.9 Å². The summed E-state index contributed by atoms with van der Waals surface area (Å²) in [7, 11) is 0. The Morgan fingerprint density at radius 2 is 2.44 bits per heavy atom. The average Bonchev–Trinajstić information content (AvgIpc) is 2.95. The molecule has 0 aliphatic heterocycles. The molecule has 0 unspecified atom stereocenters. The Balaban J connectivity index is 1.63. The van der Waals surface area contributed by atoms with Crippen molar-refractivity contribution in [3.63, 3.8) is 0 Å². The van der Waals surface area contributed by atoms with Crippen LogP contribution >= 0.6 is 11.3 Å². The summed E-state index contributed by atoms with van der Waals surface area (Å²) in [5.74, 6) is 0. The van der Waals surface area contributed by atoms with E-state index >= 15 is 0 Å². The Hall–Kier alpha value is -0.670. The van der Waals surface area contributed by atoms with Crippen molar-refractivity contribution in [2.24, 2.45) is 0 Å². The van der Waals surface area contributed by atoms with Crippen LogP contribution in [0, 0.1) is 0 Å². The van der Waals surface area contributed by atoms with Gasteiger partial charge in [-0.25, -0.2) is 4.98 Å². The van der Waals surface area contributed by atoms with Crippen molar-refractivity contribution < 1.29 is 0 Å². The van der Waals surface area contributed by atoms with Crippen molar-refractivity contribution in [3.8, 4) is 0 Å². The summed E-state index contributed by atoms with van der Waals surface area (Å²) in [6.45, 7) is 4.23. The molecule has 1 aliphatic rings. The monoisotopic (exact) mass is 236 g/mol. The molecule has 0 bridgehead atoms. The molecule has 1 aromatic heterocycles. The Kier molecular flexibility index (Phi) is 4.55. The SMILES string of the molecule is CCc1ncc(CNCCC2=CCCC2)s1. The van der Waals surface area contributed by atoms with Crippen LogP contribution in [-0.2, 0) is 13.0 Å². The smallest absolute Gasteiger partial charge is 0.0925 e. The molecule has 0 aromatic carbocycles. The summed E-state index contributed by atoms with van der Waals surface area (Å²) >= 11 is 1.83. The first-order chi connectivity index (χ1) is 7.88. The van der Waals surface area contributed by atoms with E-state index in [2.05, 4.69) is 23.3 Å². The van der Waals surface area contributed by atoms with E-state index in [1.165, 1.54) is 35.6 Å². The van der Waals surface area contributed by atoms with Crippen LogP contribution in [0.4, 0.5) is 0 Å². The lowest BCUT2D eigenvalue weighted by atomic mass is 10.2. The van der Waals surface area contributed by atoms with Crippen LogP contribution in [0.2, 0.25) is 0 Å². The fraction of sp³-hybridized carbons (Fsp3) is 0.615. The van der Waals surface area contributed by atoms with Gasteiger partial charge in [0.15, 0.2) is 0 Å². The molecule has 0 atom stereocenters. The van der Waals surface area contributed by atoms with Crippen molar-refractivity contribution >= 4 is 11.3 Å². The minimum Gasteiger partial charge on any atom is -0.311 e. The fourth-order valence-electron chi connectivity index (χ4n) is 2.02. The highest BCUT2D eigenvalue weighted by atomic mass is 32.1. The van der Waals surface area contributed by atoms with E-state index in [9.17, 15) is 0 Å². The first-order valence-corrected chi connectivity index (χ1v) is 7.02. The highest BCUT2D eigenvalue weighted by molar-refractivity contribution is 7.11. The summed E-state index contributed by atoms with van der Waals surface area (Å²) in [4.78, 5) is 5.72. The Labute approximate surface area is 102 Å². The van der Waals surface area contributed by atoms with Gasteiger partial charge in [-0.1, -0.05) is 18.6 Å². The van der Waals surface area contributed by atoms with E-state index in [1.807, 2.05) is 17.5 Å². The molecule has 16 heavy (non-hydrogen) atoms. The molecular weight excluding hydrogens is 216 g/mol. The average molecular weight is 236 g/mol. The molecule has 3 heteroatoms. The number of nitrogens with zero attached hydrogens (tertiary/aromatic N) is 1. The van der Waals surface area contributed by atoms with E-state index < -0.39 is 0 Å². The molecule has 88 valence electrons. The fourth-order valence-corrected chi connectivity index (χ4v) is 2.85. The van der Waals surface area contributed by atoms with E-state index in [1.54, 1.807) is 5.57 Å². The second kappa shape index (κ2) is 6.16. The molecule has 0 fully saturated rings. The van der Waals surface area contributed by atoms with Gasteiger partial charge in [0.1, 0.15) is 0 Å². The van der Waals surface area contributed by atoms with Gasteiger partial charge in [-0.15, -0.1) is 11.3 Å². The number of aryl methyl sites for hydroxylation is 1. The molecule has 0 saturated heterocycles. The van der Waals surface area contributed by atoms with Gasteiger partial charge in [-0.3, -0.25) is 0 Å². The summed E-state index contributed by atoms with van der Waals surface area (Å²) in [6, 6.07) is 0. The molecule has 0 radical (unpaired) electrons. The van der Waals surface area contributed by atoms with E-state index in [-0.39, 0.29) is 0 Å². The number of nitrogens with one attached hydrogen (secondary N) is 1. The van der Waals surface area contributed by atoms with Crippen molar-refractivity contribution in [2.75, 3.05) is 6.54 Å². The van der Waals surface area contributed by atoms with Gasteiger partial charge in [-0.05, 0) is 38.6 Å². The molecule has 1 N–H and O–H groups in total. The van der Waals surface area contributed by atoms with Crippen LogP contribution in [0.3, 0.4) is 0 Å². The number of hydrogen-bond acceptors (Lipinski definition) is 3. The summed E-state index contributed by atoms with van der Waals surface area (Å²) in [5.41, 5.74) is 1.64. The van der Waals surface area contributed by atoms with E-state index in [4.69, 9.17) is 0 Å². The lowest BCUT2D eigenvalue weighted by Crippen LogP contribution is -2.14. The van der Waals surface area contributed by atoms with Crippen molar-refractivity contribution in [1.29, 1.82) is 0 Å². The molecule has 2 nitrogen and oxygen atoms in total. The second-order valence-electron chi connectivity index (χ2n) is 4.26. The van der Waals surface area contributed by atoms with Gasteiger partial charge >= 0.3 is 0 Å². The van der Waals surface area contributed by atoms with Crippen LogP contribution < -0.4 is 5.32 Å². The first kappa shape index (κ1) is 11.8. The zero-order chi connectivity index (χ0) is 11.2. The number of thiazole rings is 1. The molecule has 0 amide bonds. The zero-order valence-corrected chi connectivity index (χ0v) is 10.8. The third-order valence-corrected chi connectivity index (χ3v) is 4.10. The maximum absolute atomic E-state index is 4.36. The summed E-state index contributed by atoms with van der Waals surface area (Å²) in [5, 5.41) is 4.74. The number of allylic oxidation sites excluding steroid dienone is 1. The standard InChI is InChI=1S/C13H20N2S/c1-2-13-15-10-12(16-13)9-14-8-7-11-5-3-4-6-11/h5,10,14H,2-4,6-9H2,1H3. The number of aromatic nitrogens is 1. The van der Waals surface area contributed by atoms with Crippen LogP contribution in [0.1, 0.15) is 42.5 Å². The largest absolute Gasteiger partial charge is 0.311 e. The zero-order valence-electron chi connectivity index (χ0n) is 9.96. The quantitative estimate of drug-likeness (QED) is 0.605. The molecular formula is C13H20N2S. The van der Waals surface area contributed by atoms with E-state index in [0.29, 0.717) is 0 Å². The van der Waals surface area contributed by atoms with Gasteiger partial charge in [0.25, 0.3) is 0 Å². The van der Waals surface area contributed by atoms with Gasteiger partial charge in [0.2, 0.25) is 0 Å². The molecule has 0 spiro atoms. The van der Waals surface area contributed by atoms with Gasteiger partial charge in [-0.2, -0.15) is 0 Å². The number of rotatable bonds is 6. The molecule has 0 saturated carbocycles. The van der Waals surface area contributed by atoms with Gasteiger partial charge in [0.05, 0.1) is 5.01 Å². The molecule has 2 rings (SSSR count). The minimum atomic E-state index is 0.977. The van der Waals surface area contributed by atoms with Crippen LogP contribution in [-0.4, -0.2) is 11.5 Å². The lowest BCUT2D eigenvalue weighted by Gasteiger charge is -2.03.